The summed E-state index contributed by atoms with van der Waals surface area (Å²) >= 11 is 0. The number of nitrogens with one attached hydrogen (secondary N) is 3. The van der Waals surface area contributed by atoms with Crippen molar-refractivity contribution < 1.29 is 0 Å². The largest absolute Gasteiger partial charge is 0.340 e. The van der Waals surface area contributed by atoms with Gasteiger partial charge < -0.3 is 15.6 Å². The van der Waals surface area contributed by atoms with Gasteiger partial charge in [-0.15, -0.1) is 0 Å². The molecule has 1 fully saturated rings. The summed E-state index contributed by atoms with van der Waals surface area (Å²) in [6.45, 7) is 8.10. The lowest BCUT2D eigenvalue weighted by Crippen LogP contribution is -2.26. The van der Waals surface area contributed by atoms with E-state index in [0.717, 1.165) is 41.2 Å². The molecule has 170 valence electrons. The third kappa shape index (κ3) is 5.12. The average Bonchev–Trinajstić information content (AvgIpc) is 2.86. The average molecular weight is 442 g/mol. The van der Waals surface area contributed by atoms with Crippen molar-refractivity contribution in [2.24, 2.45) is 0 Å². The Morgan fingerprint density at radius 2 is 1.70 bits per heavy atom. The van der Waals surface area contributed by atoms with E-state index in [1.54, 1.807) is 6.20 Å². The summed E-state index contributed by atoms with van der Waals surface area (Å²) in [5.41, 5.74) is 4.54. The van der Waals surface area contributed by atoms with Crippen molar-refractivity contribution in [3.05, 3.63) is 82.4 Å². The SMILES string of the molecule is CC.Cc1cccc(-c2cc3cc[nH]c(=O)c3c(Nc3ccc(C4CCNCC4)cc3)n2)n1. The molecule has 6 nitrogen and oxygen atoms in total. The molecule has 1 aliphatic heterocycles. The summed E-state index contributed by atoms with van der Waals surface area (Å²) in [7, 11) is 0. The van der Waals surface area contributed by atoms with Gasteiger partial charge in [0.25, 0.3) is 5.56 Å². The first-order valence-corrected chi connectivity index (χ1v) is 11.7. The van der Waals surface area contributed by atoms with Crippen LogP contribution in [-0.2, 0) is 0 Å². The van der Waals surface area contributed by atoms with Crippen LogP contribution in [0.2, 0.25) is 0 Å². The van der Waals surface area contributed by atoms with Crippen molar-refractivity contribution in [1.82, 2.24) is 20.3 Å². The van der Waals surface area contributed by atoms with Crippen molar-refractivity contribution in [2.75, 3.05) is 18.4 Å². The number of nitrogens with zero attached hydrogens (tertiary/aromatic N) is 2. The molecule has 33 heavy (non-hydrogen) atoms. The first kappa shape index (κ1) is 22.7. The van der Waals surface area contributed by atoms with E-state index in [1.807, 2.05) is 51.1 Å². The number of piperidine rings is 1. The molecule has 5 rings (SSSR count). The topological polar surface area (TPSA) is 82.7 Å². The molecule has 3 aromatic heterocycles. The van der Waals surface area contributed by atoms with Gasteiger partial charge in [0.1, 0.15) is 5.82 Å². The highest BCUT2D eigenvalue weighted by Gasteiger charge is 2.16. The Morgan fingerprint density at radius 1 is 0.939 bits per heavy atom. The van der Waals surface area contributed by atoms with E-state index in [1.165, 1.54) is 18.4 Å². The van der Waals surface area contributed by atoms with Gasteiger partial charge >= 0.3 is 0 Å². The zero-order chi connectivity index (χ0) is 23.2. The maximum Gasteiger partial charge on any atom is 0.259 e. The standard InChI is InChI=1S/C25H25N5O.C2H6/c1-16-3-2-4-21(28-16)22-15-19-11-14-27-25(31)23(19)24(30-22)29-20-7-5-17(6-8-20)18-9-12-26-13-10-18;1-2/h2-8,11,14-15,18,26H,9-10,12-13H2,1H3,(H,27,31)(H,29,30);1-2H3. The highest BCUT2D eigenvalue weighted by molar-refractivity contribution is 5.94. The Bertz CT molecular complexity index is 1270. The molecule has 1 aliphatic rings. The van der Waals surface area contributed by atoms with E-state index in [-0.39, 0.29) is 5.56 Å². The van der Waals surface area contributed by atoms with Gasteiger partial charge in [-0.3, -0.25) is 9.78 Å². The van der Waals surface area contributed by atoms with Gasteiger partial charge in [-0.05, 0) is 86.1 Å². The van der Waals surface area contributed by atoms with Crippen LogP contribution in [0.3, 0.4) is 0 Å². The Hall–Kier alpha value is -3.51. The Morgan fingerprint density at radius 3 is 2.42 bits per heavy atom. The maximum atomic E-state index is 12.6. The Balaban J connectivity index is 0.00000126. The highest BCUT2D eigenvalue weighted by atomic mass is 16.1. The summed E-state index contributed by atoms with van der Waals surface area (Å²) in [5.74, 6) is 1.14. The molecule has 6 heteroatoms. The van der Waals surface area contributed by atoms with Crippen molar-refractivity contribution in [1.29, 1.82) is 0 Å². The van der Waals surface area contributed by atoms with E-state index in [4.69, 9.17) is 4.98 Å². The van der Waals surface area contributed by atoms with Crippen LogP contribution in [0.4, 0.5) is 11.5 Å². The quantitative estimate of drug-likeness (QED) is 0.388. The molecular weight excluding hydrogens is 410 g/mol. The molecule has 0 aliphatic carbocycles. The van der Waals surface area contributed by atoms with Crippen LogP contribution in [0.25, 0.3) is 22.2 Å². The fourth-order valence-electron chi connectivity index (χ4n) is 4.25. The van der Waals surface area contributed by atoms with Crippen LogP contribution >= 0.6 is 0 Å². The molecule has 0 bridgehead atoms. The highest BCUT2D eigenvalue weighted by Crippen LogP contribution is 2.29. The minimum Gasteiger partial charge on any atom is -0.340 e. The first-order chi connectivity index (χ1) is 16.2. The van der Waals surface area contributed by atoms with E-state index >= 15 is 0 Å². The minimum absolute atomic E-state index is 0.164. The number of hydrogen-bond acceptors (Lipinski definition) is 5. The second-order valence-corrected chi connectivity index (χ2v) is 8.06. The van der Waals surface area contributed by atoms with Gasteiger partial charge in [-0.2, -0.15) is 0 Å². The third-order valence-electron chi connectivity index (χ3n) is 5.89. The number of aromatic amines is 1. The zero-order valence-corrected chi connectivity index (χ0v) is 19.5. The Labute approximate surface area is 194 Å². The molecule has 0 atom stereocenters. The molecule has 1 saturated heterocycles. The summed E-state index contributed by atoms with van der Waals surface area (Å²) < 4.78 is 0. The van der Waals surface area contributed by atoms with Gasteiger partial charge in [0.2, 0.25) is 0 Å². The number of rotatable bonds is 4. The second kappa shape index (κ2) is 10.4. The van der Waals surface area contributed by atoms with E-state index in [0.29, 0.717) is 17.1 Å². The molecule has 0 amide bonds. The van der Waals surface area contributed by atoms with Crippen LogP contribution in [0.1, 0.15) is 43.9 Å². The third-order valence-corrected chi connectivity index (χ3v) is 5.89. The van der Waals surface area contributed by atoms with Gasteiger partial charge in [0.15, 0.2) is 0 Å². The zero-order valence-electron chi connectivity index (χ0n) is 19.5. The van der Waals surface area contributed by atoms with Crippen molar-refractivity contribution >= 4 is 22.3 Å². The Kier molecular flexibility index (Phi) is 7.15. The van der Waals surface area contributed by atoms with Gasteiger partial charge in [0, 0.05) is 17.6 Å². The number of anilines is 2. The molecule has 0 radical (unpaired) electrons. The number of pyridine rings is 3. The summed E-state index contributed by atoms with van der Waals surface area (Å²) in [6, 6.07) is 18.2. The lowest BCUT2D eigenvalue weighted by Gasteiger charge is -2.23. The smallest absolute Gasteiger partial charge is 0.259 e. The van der Waals surface area contributed by atoms with E-state index in [2.05, 4.69) is 44.9 Å². The van der Waals surface area contributed by atoms with Crippen LogP contribution in [0.15, 0.2) is 65.6 Å². The van der Waals surface area contributed by atoms with Crippen LogP contribution in [-0.4, -0.2) is 28.0 Å². The number of aromatic nitrogens is 3. The van der Waals surface area contributed by atoms with Crippen molar-refractivity contribution in [3.63, 3.8) is 0 Å². The minimum atomic E-state index is -0.164. The summed E-state index contributed by atoms with van der Waals surface area (Å²) in [5, 5.41) is 8.15. The van der Waals surface area contributed by atoms with Gasteiger partial charge in [-0.25, -0.2) is 4.98 Å². The molecule has 0 spiro atoms. The molecule has 4 heterocycles. The lowest BCUT2D eigenvalue weighted by atomic mass is 9.90. The molecule has 3 N–H and O–H groups in total. The number of aryl methyl sites for hydroxylation is 1. The van der Waals surface area contributed by atoms with Gasteiger partial charge in [0.05, 0.1) is 16.8 Å². The van der Waals surface area contributed by atoms with Crippen LogP contribution in [0, 0.1) is 6.92 Å². The molecule has 4 aromatic rings. The lowest BCUT2D eigenvalue weighted by molar-refractivity contribution is 0.460. The monoisotopic (exact) mass is 441 g/mol. The normalized spacial score (nSPS) is 13.9. The number of hydrogen-bond donors (Lipinski definition) is 3. The van der Waals surface area contributed by atoms with Gasteiger partial charge in [-0.1, -0.05) is 32.0 Å². The summed E-state index contributed by atoms with van der Waals surface area (Å²) in [4.78, 5) is 24.7. The maximum absolute atomic E-state index is 12.6. The van der Waals surface area contributed by atoms with Crippen molar-refractivity contribution in [2.45, 2.75) is 39.5 Å². The molecule has 1 aromatic carbocycles. The molecule has 0 saturated carbocycles. The molecular formula is C27H31N5O. The summed E-state index contributed by atoms with van der Waals surface area (Å²) in [6.07, 6.45) is 4.00. The predicted molar refractivity (Wildman–Crippen MR) is 136 cm³/mol. The van der Waals surface area contributed by atoms with Crippen LogP contribution in [0.5, 0.6) is 0 Å². The van der Waals surface area contributed by atoms with Crippen LogP contribution < -0.4 is 16.2 Å². The fraction of sp³-hybridized carbons (Fsp3) is 0.296. The van der Waals surface area contributed by atoms with E-state index < -0.39 is 0 Å². The number of benzene rings is 1. The van der Waals surface area contributed by atoms with Crippen molar-refractivity contribution in [3.8, 4) is 11.4 Å². The predicted octanol–water partition coefficient (Wildman–Crippen LogP) is 5.53. The number of fused-ring (bicyclic) bond motifs is 1. The van der Waals surface area contributed by atoms with E-state index in [9.17, 15) is 4.79 Å². The first-order valence-electron chi connectivity index (χ1n) is 11.7. The molecule has 0 unspecified atom stereocenters. The second-order valence-electron chi connectivity index (χ2n) is 8.06. The number of H-pyrrole nitrogens is 1. The fourth-order valence-corrected chi connectivity index (χ4v) is 4.25.